The lowest BCUT2D eigenvalue weighted by atomic mass is 9.95. The highest BCUT2D eigenvalue weighted by molar-refractivity contribution is 6.16. The SMILES string of the molecule is CCCCNC(=O)c1cc(C(=O)c2ccc(C(=O)O)c(C(=O)NCCCC)c2)ccc1C(=O)O.CCCCNC(=O)c1cc(C(=O)c2ccc(C(=O)O)c(C(=O)NCCCC)c2)ccc1C(=O)O.Cl.Cl. The number of aromatic carboxylic acids is 4. The summed E-state index contributed by atoms with van der Waals surface area (Å²) in [5.41, 5.74) is -1.49. The number of carboxylic acid groups (broad SMARTS) is 4. The van der Waals surface area contributed by atoms with Gasteiger partial charge in [0.1, 0.15) is 0 Å². The van der Waals surface area contributed by atoms with Gasteiger partial charge in [-0.15, -0.1) is 24.8 Å². The van der Waals surface area contributed by atoms with Crippen molar-refractivity contribution in [1.82, 2.24) is 21.3 Å². The van der Waals surface area contributed by atoms with Crippen LogP contribution in [0.1, 0.15) is 194 Å². The molecule has 0 aromatic heterocycles. The van der Waals surface area contributed by atoms with Crippen molar-refractivity contribution in [2.45, 2.75) is 79.1 Å². The van der Waals surface area contributed by atoms with Gasteiger partial charge in [-0.25, -0.2) is 19.2 Å². The summed E-state index contributed by atoms with van der Waals surface area (Å²) in [6.07, 6.45) is 6.21. The second-order valence-electron chi connectivity index (χ2n) is 15.4. The van der Waals surface area contributed by atoms with Gasteiger partial charge in [0.25, 0.3) is 23.6 Å². The number of benzene rings is 4. The van der Waals surface area contributed by atoms with Gasteiger partial charge in [-0.05, 0) is 74.2 Å². The Morgan fingerprint density at radius 3 is 0.671 bits per heavy atom. The van der Waals surface area contributed by atoms with Crippen LogP contribution < -0.4 is 21.3 Å². The standard InChI is InChI=1S/2C25H28N2O7.2ClH/c2*1-3-5-11-26-22(29)19-13-15(7-9-17(19)24(31)32)21(28)16-8-10-18(25(33)34)20(14-16)23(30)27-12-6-4-2;;/h2*7-10,13-14H,3-6,11-12H2,1-2H3,(H,26,29)(H,27,30)(H,31,32)(H,33,34);2*1H. The minimum atomic E-state index is -1.31. The first-order chi connectivity index (χ1) is 32.4. The lowest BCUT2D eigenvalue weighted by Gasteiger charge is -2.11. The topological polar surface area (TPSA) is 300 Å². The van der Waals surface area contributed by atoms with Crippen LogP contribution in [0.5, 0.6) is 0 Å². The Morgan fingerprint density at radius 1 is 0.329 bits per heavy atom. The molecule has 0 aliphatic heterocycles. The molecule has 0 aliphatic rings. The normalized spacial score (nSPS) is 10.1. The molecule has 0 saturated carbocycles. The van der Waals surface area contributed by atoms with E-state index in [2.05, 4.69) is 21.3 Å². The Bertz CT molecular complexity index is 2230. The maximum Gasteiger partial charge on any atom is 0.336 e. The smallest absolute Gasteiger partial charge is 0.336 e. The van der Waals surface area contributed by atoms with Crippen LogP contribution in [-0.4, -0.2) is 106 Å². The first-order valence-electron chi connectivity index (χ1n) is 22.1. The first-order valence-corrected chi connectivity index (χ1v) is 22.1. The monoisotopic (exact) mass is 1010 g/mol. The molecule has 376 valence electrons. The molecule has 0 bridgehead atoms. The van der Waals surface area contributed by atoms with Gasteiger partial charge in [0.05, 0.1) is 44.5 Å². The maximum atomic E-state index is 13.1. The molecule has 20 heteroatoms. The van der Waals surface area contributed by atoms with E-state index in [9.17, 15) is 68.4 Å². The summed E-state index contributed by atoms with van der Waals surface area (Å²) in [6.45, 7) is 9.23. The molecular weight excluding hydrogens is 951 g/mol. The fraction of sp³-hybridized carbons (Fsp3) is 0.320. The van der Waals surface area contributed by atoms with Crippen LogP contribution in [0.4, 0.5) is 0 Å². The quantitative estimate of drug-likeness (QED) is 0.0248. The summed E-state index contributed by atoms with van der Waals surface area (Å²) in [6, 6.07) is 14.6. The van der Waals surface area contributed by atoms with Crippen molar-refractivity contribution < 1.29 is 68.4 Å². The second kappa shape index (κ2) is 30.1. The largest absolute Gasteiger partial charge is 0.478 e. The zero-order valence-electron chi connectivity index (χ0n) is 39.1. The van der Waals surface area contributed by atoms with Crippen LogP contribution in [0.25, 0.3) is 0 Å². The number of carbonyl (C=O) groups is 10. The van der Waals surface area contributed by atoms with Gasteiger partial charge in [0, 0.05) is 48.4 Å². The van der Waals surface area contributed by atoms with Gasteiger partial charge in [-0.1, -0.05) is 77.6 Å². The summed E-state index contributed by atoms with van der Waals surface area (Å²) in [5.74, 6) is -8.86. The molecule has 4 aromatic carbocycles. The number of halogens is 2. The minimum absolute atomic E-state index is 0. The van der Waals surface area contributed by atoms with Crippen LogP contribution >= 0.6 is 24.8 Å². The fourth-order valence-electron chi connectivity index (χ4n) is 6.47. The Hall–Kier alpha value is -7.44. The highest BCUT2D eigenvalue weighted by Crippen LogP contribution is 2.22. The molecule has 0 aliphatic carbocycles. The van der Waals surface area contributed by atoms with Gasteiger partial charge in [-0.2, -0.15) is 0 Å². The first kappa shape index (κ1) is 60.6. The number of amides is 4. The van der Waals surface area contributed by atoms with Crippen molar-refractivity contribution >= 4 is 83.9 Å². The second-order valence-corrected chi connectivity index (χ2v) is 15.4. The number of carbonyl (C=O) groups excluding carboxylic acids is 6. The van der Waals surface area contributed by atoms with E-state index in [4.69, 9.17) is 0 Å². The molecular formula is C50H58Cl2N4O14. The highest BCUT2D eigenvalue weighted by atomic mass is 35.5. The van der Waals surface area contributed by atoms with Crippen LogP contribution in [-0.2, 0) is 0 Å². The van der Waals surface area contributed by atoms with Crippen molar-refractivity contribution in [3.8, 4) is 0 Å². The lowest BCUT2D eigenvalue weighted by Crippen LogP contribution is -2.27. The van der Waals surface area contributed by atoms with Crippen molar-refractivity contribution in [1.29, 1.82) is 0 Å². The van der Waals surface area contributed by atoms with E-state index in [1.165, 1.54) is 72.8 Å². The molecule has 4 aromatic rings. The number of nitrogens with one attached hydrogen (secondary N) is 4. The molecule has 0 fully saturated rings. The predicted octanol–water partition coefficient (Wildman–Crippen LogP) is 7.59. The van der Waals surface area contributed by atoms with Crippen molar-refractivity contribution in [3.63, 3.8) is 0 Å². The van der Waals surface area contributed by atoms with E-state index in [-0.39, 0.29) is 91.6 Å². The molecule has 70 heavy (non-hydrogen) atoms. The van der Waals surface area contributed by atoms with Crippen LogP contribution in [0.3, 0.4) is 0 Å². The highest BCUT2D eigenvalue weighted by Gasteiger charge is 2.25. The maximum absolute atomic E-state index is 13.1. The molecule has 0 saturated heterocycles. The summed E-state index contributed by atoms with van der Waals surface area (Å²) in [5, 5.41) is 48.3. The minimum Gasteiger partial charge on any atom is -0.478 e. The molecule has 8 N–H and O–H groups in total. The van der Waals surface area contributed by atoms with Crippen LogP contribution in [0.2, 0.25) is 0 Å². The van der Waals surface area contributed by atoms with E-state index in [1.54, 1.807) is 0 Å². The van der Waals surface area contributed by atoms with Crippen LogP contribution in [0.15, 0.2) is 72.8 Å². The van der Waals surface area contributed by atoms with Crippen molar-refractivity contribution in [2.75, 3.05) is 26.2 Å². The zero-order chi connectivity index (χ0) is 50.5. The molecule has 4 amide bonds. The Labute approximate surface area is 416 Å². The fourth-order valence-corrected chi connectivity index (χ4v) is 6.47. The number of hydrogen-bond donors (Lipinski definition) is 8. The Kier molecular flexibility index (Phi) is 26.1. The molecule has 0 heterocycles. The predicted molar refractivity (Wildman–Crippen MR) is 264 cm³/mol. The van der Waals surface area contributed by atoms with Crippen molar-refractivity contribution in [2.24, 2.45) is 0 Å². The van der Waals surface area contributed by atoms with Gasteiger partial charge >= 0.3 is 23.9 Å². The van der Waals surface area contributed by atoms with Gasteiger partial charge < -0.3 is 41.7 Å². The van der Waals surface area contributed by atoms with E-state index in [0.29, 0.717) is 51.9 Å². The molecule has 0 unspecified atom stereocenters. The van der Waals surface area contributed by atoms with E-state index >= 15 is 0 Å². The van der Waals surface area contributed by atoms with Crippen LogP contribution in [0, 0.1) is 0 Å². The number of carboxylic acids is 4. The molecule has 0 atom stereocenters. The average Bonchev–Trinajstić information content (AvgIpc) is 3.32. The number of hydrogen-bond acceptors (Lipinski definition) is 10. The van der Waals surface area contributed by atoms with Gasteiger partial charge in [0.15, 0.2) is 11.6 Å². The van der Waals surface area contributed by atoms with Crippen molar-refractivity contribution in [3.05, 3.63) is 140 Å². The number of rotatable bonds is 24. The third-order valence-corrected chi connectivity index (χ3v) is 10.3. The summed E-state index contributed by atoms with van der Waals surface area (Å²) >= 11 is 0. The third kappa shape index (κ3) is 17.0. The van der Waals surface area contributed by atoms with Gasteiger partial charge in [-0.3, -0.25) is 28.8 Å². The van der Waals surface area contributed by atoms with E-state index < -0.39 is 59.1 Å². The molecule has 18 nitrogen and oxygen atoms in total. The Morgan fingerprint density at radius 2 is 0.514 bits per heavy atom. The summed E-state index contributed by atoms with van der Waals surface area (Å²) in [4.78, 5) is 123. The third-order valence-electron chi connectivity index (χ3n) is 10.3. The molecule has 4 rings (SSSR count). The summed E-state index contributed by atoms with van der Waals surface area (Å²) < 4.78 is 0. The molecule has 0 radical (unpaired) electrons. The number of ketones is 2. The Balaban J connectivity index is 0.000000681. The summed E-state index contributed by atoms with van der Waals surface area (Å²) in [7, 11) is 0. The van der Waals surface area contributed by atoms with E-state index in [0.717, 1.165) is 25.7 Å². The molecule has 0 spiro atoms. The van der Waals surface area contributed by atoms with Gasteiger partial charge in [0.2, 0.25) is 0 Å². The number of unbranched alkanes of at least 4 members (excludes halogenated alkanes) is 4. The van der Waals surface area contributed by atoms with E-state index in [1.807, 2.05) is 27.7 Å². The zero-order valence-corrected chi connectivity index (χ0v) is 40.7. The average molecular weight is 1010 g/mol. The lowest BCUT2D eigenvalue weighted by molar-refractivity contribution is 0.0682.